The molecular formula is C28H23ClFN3O3S. The standard InChI is InChI=1S/C28H23ClFN3O3S/c1-20-6-16-25(17-7-20)37(35,36)33(19-22-8-12-23(29)13-9-22)27-5-3-2-4-26(27)28(34)32-31-18-21-10-14-24(30)15-11-21/h2-18H,19H2,1H3,(H,32,34)/b31-18-. The summed E-state index contributed by atoms with van der Waals surface area (Å²) in [6.45, 7) is 1.84. The van der Waals surface area contributed by atoms with Crippen LogP contribution in [0.25, 0.3) is 0 Å². The average Bonchev–Trinajstić information content (AvgIpc) is 2.89. The quantitative estimate of drug-likeness (QED) is 0.224. The Morgan fingerprint density at radius 1 is 0.946 bits per heavy atom. The number of carbonyl (C=O) groups excluding carboxylic acids is 1. The first-order valence-corrected chi connectivity index (χ1v) is 13.1. The molecule has 0 unspecified atom stereocenters. The van der Waals surface area contributed by atoms with Gasteiger partial charge in [-0.25, -0.2) is 18.2 Å². The van der Waals surface area contributed by atoms with E-state index in [4.69, 9.17) is 11.6 Å². The Bertz CT molecular complexity index is 1520. The molecule has 188 valence electrons. The summed E-state index contributed by atoms with van der Waals surface area (Å²) in [6.07, 6.45) is 1.37. The zero-order valence-corrected chi connectivity index (χ0v) is 21.4. The summed E-state index contributed by atoms with van der Waals surface area (Å²) >= 11 is 6.02. The number of aryl methyl sites for hydroxylation is 1. The number of benzene rings is 4. The van der Waals surface area contributed by atoms with Crippen LogP contribution in [0.2, 0.25) is 5.02 Å². The van der Waals surface area contributed by atoms with Crippen molar-refractivity contribution in [3.05, 3.63) is 130 Å². The second kappa shape index (κ2) is 11.4. The molecule has 4 rings (SSSR count). The Morgan fingerprint density at radius 3 is 2.27 bits per heavy atom. The van der Waals surface area contributed by atoms with Crippen LogP contribution in [0.15, 0.2) is 107 Å². The monoisotopic (exact) mass is 535 g/mol. The van der Waals surface area contributed by atoms with Gasteiger partial charge in [-0.15, -0.1) is 0 Å². The van der Waals surface area contributed by atoms with Crippen molar-refractivity contribution in [3.8, 4) is 0 Å². The molecule has 0 aliphatic heterocycles. The number of hydrazone groups is 1. The Kier molecular flexibility index (Phi) is 8.01. The van der Waals surface area contributed by atoms with Crippen LogP contribution in [-0.4, -0.2) is 20.5 Å². The molecule has 0 spiro atoms. The third-order valence-corrected chi connectivity index (χ3v) is 7.54. The first-order valence-electron chi connectivity index (χ1n) is 11.3. The Hall–Kier alpha value is -4.01. The summed E-state index contributed by atoms with van der Waals surface area (Å²) in [4.78, 5) is 13.2. The van der Waals surface area contributed by atoms with Gasteiger partial charge < -0.3 is 0 Å². The maximum absolute atomic E-state index is 13.8. The predicted octanol–water partition coefficient (Wildman–Crippen LogP) is 5.95. The maximum Gasteiger partial charge on any atom is 0.273 e. The summed E-state index contributed by atoms with van der Waals surface area (Å²) < 4.78 is 42.0. The van der Waals surface area contributed by atoms with Gasteiger partial charge in [0.1, 0.15) is 5.82 Å². The van der Waals surface area contributed by atoms with Crippen LogP contribution in [0.5, 0.6) is 0 Å². The fraction of sp³-hybridized carbons (Fsp3) is 0.0714. The SMILES string of the molecule is Cc1ccc(S(=O)(=O)N(Cc2ccc(Cl)cc2)c2ccccc2C(=O)N/N=C\c2ccc(F)cc2)cc1. The third kappa shape index (κ3) is 6.41. The second-order valence-electron chi connectivity index (χ2n) is 8.22. The molecule has 0 saturated carbocycles. The van der Waals surface area contributed by atoms with Crippen LogP contribution in [0.4, 0.5) is 10.1 Å². The van der Waals surface area contributed by atoms with E-state index in [2.05, 4.69) is 10.5 Å². The fourth-order valence-corrected chi connectivity index (χ4v) is 5.15. The molecule has 0 aliphatic carbocycles. The third-order valence-electron chi connectivity index (χ3n) is 5.52. The van der Waals surface area contributed by atoms with Gasteiger partial charge in [0.25, 0.3) is 15.9 Å². The van der Waals surface area contributed by atoms with Crippen LogP contribution in [0, 0.1) is 12.7 Å². The van der Waals surface area contributed by atoms with Crippen molar-refractivity contribution < 1.29 is 17.6 Å². The molecule has 1 amide bonds. The van der Waals surface area contributed by atoms with Crippen LogP contribution in [-0.2, 0) is 16.6 Å². The minimum absolute atomic E-state index is 0.0312. The molecule has 0 aromatic heterocycles. The molecule has 4 aromatic rings. The smallest absolute Gasteiger partial charge is 0.267 e. The van der Waals surface area contributed by atoms with Gasteiger partial charge in [-0.3, -0.25) is 9.10 Å². The highest BCUT2D eigenvalue weighted by Gasteiger charge is 2.28. The van der Waals surface area contributed by atoms with E-state index in [9.17, 15) is 17.6 Å². The van der Waals surface area contributed by atoms with E-state index in [1.54, 1.807) is 54.6 Å². The van der Waals surface area contributed by atoms with Gasteiger partial charge in [-0.2, -0.15) is 5.10 Å². The fourth-order valence-electron chi connectivity index (χ4n) is 3.55. The lowest BCUT2D eigenvalue weighted by Gasteiger charge is -2.26. The summed E-state index contributed by atoms with van der Waals surface area (Å²) in [6, 6.07) is 25.3. The molecule has 4 aromatic carbocycles. The van der Waals surface area contributed by atoms with E-state index in [0.717, 1.165) is 5.56 Å². The molecular weight excluding hydrogens is 513 g/mol. The average molecular weight is 536 g/mol. The van der Waals surface area contributed by atoms with Gasteiger partial charge in [-0.05, 0) is 66.6 Å². The number of nitrogens with zero attached hydrogens (tertiary/aromatic N) is 2. The van der Waals surface area contributed by atoms with Gasteiger partial charge >= 0.3 is 0 Å². The van der Waals surface area contributed by atoms with Crippen LogP contribution in [0.1, 0.15) is 27.0 Å². The number of nitrogens with one attached hydrogen (secondary N) is 1. The van der Waals surface area contributed by atoms with Crippen molar-refractivity contribution in [2.24, 2.45) is 5.10 Å². The van der Waals surface area contributed by atoms with E-state index in [1.165, 1.54) is 53.0 Å². The second-order valence-corrected chi connectivity index (χ2v) is 10.5. The number of hydrogen-bond donors (Lipinski definition) is 1. The van der Waals surface area contributed by atoms with Gasteiger partial charge in [0.05, 0.1) is 28.9 Å². The highest BCUT2D eigenvalue weighted by Crippen LogP contribution is 2.29. The van der Waals surface area contributed by atoms with Crippen molar-refractivity contribution in [1.29, 1.82) is 0 Å². The lowest BCUT2D eigenvalue weighted by Crippen LogP contribution is -2.33. The number of rotatable bonds is 8. The van der Waals surface area contributed by atoms with Crippen LogP contribution in [0.3, 0.4) is 0 Å². The molecule has 0 fully saturated rings. The van der Waals surface area contributed by atoms with E-state index in [0.29, 0.717) is 16.1 Å². The van der Waals surface area contributed by atoms with Crippen molar-refractivity contribution in [3.63, 3.8) is 0 Å². The highest BCUT2D eigenvalue weighted by atomic mass is 35.5. The molecule has 0 heterocycles. The number of anilines is 1. The molecule has 6 nitrogen and oxygen atoms in total. The zero-order chi connectivity index (χ0) is 26.4. The first kappa shape index (κ1) is 26.1. The number of carbonyl (C=O) groups is 1. The Labute approximate surface area is 220 Å². The van der Waals surface area contributed by atoms with Gasteiger partial charge in [0.2, 0.25) is 0 Å². The number of para-hydroxylation sites is 1. The number of halogens is 2. The summed E-state index contributed by atoms with van der Waals surface area (Å²) in [5.74, 6) is -0.986. The summed E-state index contributed by atoms with van der Waals surface area (Å²) in [7, 11) is -4.06. The molecule has 37 heavy (non-hydrogen) atoms. The van der Waals surface area contributed by atoms with Crippen molar-refractivity contribution in [2.45, 2.75) is 18.4 Å². The van der Waals surface area contributed by atoms with E-state index in [-0.39, 0.29) is 28.5 Å². The van der Waals surface area contributed by atoms with E-state index in [1.807, 2.05) is 6.92 Å². The minimum atomic E-state index is -4.06. The van der Waals surface area contributed by atoms with E-state index >= 15 is 0 Å². The minimum Gasteiger partial charge on any atom is -0.267 e. The normalized spacial score (nSPS) is 11.4. The highest BCUT2D eigenvalue weighted by molar-refractivity contribution is 7.92. The molecule has 0 saturated heterocycles. The largest absolute Gasteiger partial charge is 0.273 e. The van der Waals surface area contributed by atoms with E-state index < -0.39 is 15.9 Å². The Morgan fingerprint density at radius 2 is 1.59 bits per heavy atom. The van der Waals surface area contributed by atoms with Crippen LogP contribution < -0.4 is 9.73 Å². The van der Waals surface area contributed by atoms with Crippen molar-refractivity contribution in [2.75, 3.05) is 4.31 Å². The van der Waals surface area contributed by atoms with Gasteiger partial charge in [-0.1, -0.05) is 65.7 Å². The topological polar surface area (TPSA) is 78.8 Å². The Balaban J connectivity index is 1.70. The van der Waals surface area contributed by atoms with Gasteiger partial charge in [0.15, 0.2) is 0 Å². The lowest BCUT2D eigenvalue weighted by molar-refractivity contribution is 0.0955. The zero-order valence-electron chi connectivity index (χ0n) is 19.8. The van der Waals surface area contributed by atoms with Crippen LogP contribution >= 0.6 is 11.6 Å². The molecule has 1 N–H and O–H groups in total. The number of amides is 1. The summed E-state index contributed by atoms with van der Waals surface area (Å²) in [5, 5.41) is 4.47. The number of sulfonamides is 1. The van der Waals surface area contributed by atoms with Gasteiger partial charge in [0, 0.05) is 5.02 Å². The lowest BCUT2D eigenvalue weighted by atomic mass is 10.1. The van der Waals surface area contributed by atoms with Crippen molar-refractivity contribution >= 4 is 39.4 Å². The van der Waals surface area contributed by atoms with Crippen molar-refractivity contribution in [1.82, 2.24) is 5.43 Å². The maximum atomic E-state index is 13.8. The predicted molar refractivity (Wildman–Crippen MR) is 144 cm³/mol. The summed E-state index contributed by atoms with van der Waals surface area (Å²) in [5.41, 5.74) is 4.91. The first-order chi connectivity index (χ1) is 17.7. The molecule has 0 aliphatic rings. The molecule has 9 heteroatoms. The molecule has 0 radical (unpaired) electrons. The number of hydrogen-bond acceptors (Lipinski definition) is 4. The molecule has 0 bridgehead atoms. The molecule has 0 atom stereocenters.